The number of hydrogen-bond donors (Lipinski definition) is 2. The average molecular weight is 354 g/mol. The van der Waals surface area contributed by atoms with Crippen LogP contribution in [0.4, 0.5) is 18.9 Å². The molecule has 0 spiro atoms. The number of benzene rings is 1. The van der Waals surface area contributed by atoms with Crippen molar-refractivity contribution in [1.29, 1.82) is 0 Å². The Hall–Kier alpha value is -2.55. The lowest BCUT2D eigenvalue weighted by Gasteiger charge is -2.22. The number of alkyl halides is 2. The van der Waals surface area contributed by atoms with Gasteiger partial charge in [-0.2, -0.15) is 13.9 Å². The van der Waals surface area contributed by atoms with Gasteiger partial charge in [0.1, 0.15) is 5.82 Å². The van der Waals surface area contributed by atoms with Crippen LogP contribution in [0.25, 0.3) is 0 Å². The maximum absolute atomic E-state index is 13.2. The third kappa shape index (κ3) is 4.30. The van der Waals surface area contributed by atoms with Crippen molar-refractivity contribution in [3.8, 4) is 5.75 Å². The first kappa shape index (κ1) is 17.3. The lowest BCUT2D eigenvalue weighted by atomic mass is 10.1. The van der Waals surface area contributed by atoms with Gasteiger partial charge >= 0.3 is 6.61 Å². The minimum Gasteiger partial charge on any atom is -0.432 e. The van der Waals surface area contributed by atoms with E-state index >= 15 is 0 Å². The smallest absolute Gasteiger partial charge is 0.387 e. The van der Waals surface area contributed by atoms with Crippen LogP contribution in [-0.2, 0) is 0 Å². The predicted molar refractivity (Wildman–Crippen MR) is 84.4 cm³/mol. The highest BCUT2D eigenvalue weighted by atomic mass is 19.3. The second kappa shape index (κ2) is 7.56. The van der Waals surface area contributed by atoms with Gasteiger partial charge in [0.05, 0.1) is 11.7 Å². The zero-order chi connectivity index (χ0) is 17.8. The fraction of sp³-hybridized carbons (Fsp3) is 0.375. The summed E-state index contributed by atoms with van der Waals surface area (Å²) in [5, 5.41) is 9.92. The highest BCUT2D eigenvalue weighted by molar-refractivity contribution is 6.03. The second-order valence-electron chi connectivity index (χ2n) is 5.65. The van der Waals surface area contributed by atoms with Gasteiger partial charge in [0.15, 0.2) is 11.4 Å². The van der Waals surface area contributed by atoms with Gasteiger partial charge in [-0.15, -0.1) is 0 Å². The molecule has 1 unspecified atom stereocenters. The summed E-state index contributed by atoms with van der Waals surface area (Å²) in [4.78, 5) is 12.3. The molecule has 3 rings (SSSR count). The van der Waals surface area contributed by atoms with Gasteiger partial charge in [-0.3, -0.25) is 9.48 Å². The van der Waals surface area contributed by atoms with Gasteiger partial charge in [-0.1, -0.05) is 0 Å². The Kier molecular flexibility index (Phi) is 5.22. The van der Waals surface area contributed by atoms with E-state index in [1.807, 2.05) is 0 Å². The number of carbonyl (C=O) groups excluding carboxylic acids is 1. The number of rotatable bonds is 5. The third-order valence-electron chi connectivity index (χ3n) is 3.89. The molecular weight excluding hydrogens is 337 g/mol. The highest BCUT2D eigenvalue weighted by Crippen LogP contribution is 2.27. The van der Waals surface area contributed by atoms with Gasteiger partial charge < -0.3 is 15.4 Å². The number of amides is 1. The van der Waals surface area contributed by atoms with Crippen LogP contribution < -0.4 is 15.4 Å². The van der Waals surface area contributed by atoms with Crippen molar-refractivity contribution >= 4 is 11.6 Å². The molecule has 1 aromatic carbocycles. The molecule has 2 aromatic rings. The summed E-state index contributed by atoms with van der Waals surface area (Å²) in [6, 6.07) is 4.70. The summed E-state index contributed by atoms with van der Waals surface area (Å²) in [6.45, 7) is -1.40. The zero-order valence-corrected chi connectivity index (χ0v) is 13.2. The number of aromatic nitrogens is 2. The van der Waals surface area contributed by atoms with Crippen molar-refractivity contribution < 1.29 is 22.7 Å². The molecular formula is C16H17F3N4O2. The van der Waals surface area contributed by atoms with Crippen LogP contribution in [0.1, 0.15) is 29.4 Å². The number of ether oxygens (including phenoxy) is 1. The van der Waals surface area contributed by atoms with Gasteiger partial charge in [-0.05, 0) is 37.6 Å². The number of anilines is 1. The fourth-order valence-electron chi connectivity index (χ4n) is 2.70. The first-order valence-electron chi connectivity index (χ1n) is 7.84. The molecule has 0 radical (unpaired) electrons. The Morgan fingerprint density at radius 1 is 1.40 bits per heavy atom. The molecule has 1 amide bonds. The van der Waals surface area contributed by atoms with E-state index in [4.69, 9.17) is 0 Å². The number of hydrogen-bond acceptors (Lipinski definition) is 4. The predicted octanol–water partition coefficient (Wildman–Crippen LogP) is 2.80. The number of carbonyl (C=O) groups is 1. The molecule has 6 nitrogen and oxygen atoms in total. The van der Waals surface area contributed by atoms with Crippen LogP contribution >= 0.6 is 0 Å². The summed E-state index contributed by atoms with van der Waals surface area (Å²) in [6.07, 6.45) is 3.68. The van der Waals surface area contributed by atoms with Crippen molar-refractivity contribution in [3.05, 3.63) is 42.0 Å². The van der Waals surface area contributed by atoms with Crippen molar-refractivity contribution in [2.45, 2.75) is 25.5 Å². The first-order chi connectivity index (χ1) is 12.0. The van der Waals surface area contributed by atoms with E-state index in [0.29, 0.717) is 0 Å². The van der Waals surface area contributed by atoms with Gasteiger partial charge in [0, 0.05) is 18.8 Å². The van der Waals surface area contributed by atoms with Gasteiger partial charge in [0.25, 0.3) is 5.91 Å². The Labute approximate surface area is 142 Å². The van der Waals surface area contributed by atoms with E-state index in [1.54, 1.807) is 16.9 Å². The molecule has 9 heteroatoms. The number of piperidine rings is 1. The Bertz CT molecular complexity index is 745. The van der Waals surface area contributed by atoms with Crippen LogP contribution in [0.5, 0.6) is 5.75 Å². The van der Waals surface area contributed by atoms with Crippen LogP contribution in [0.15, 0.2) is 30.5 Å². The number of nitrogens with one attached hydrogen (secondary N) is 2. The second-order valence-corrected chi connectivity index (χ2v) is 5.65. The molecule has 1 saturated heterocycles. The quantitative estimate of drug-likeness (QED) is 0.866. The number of nitrogens with zero attached hydrogens (tertiary/aromatic N) is 2. The largest absolute Gasteiger partial charge is 0.432 e. The van der Waals surface area contributed by atoms with Crippen LogP contribution in [0, 0.1) is 5.82 Å². The Morgan fingerprint density at radius 2 is 2.24 bits per heavy atom. The minimum atomic E-state index is -3.13. The van der Waals surface area contributed by atoms with Crippen molar-refractivity contribution in [2.24, 2.45) is 0 Å². The molecule has 0 bridgehead atoms. The molecule has 1 atom stereocenters. The lowest BCUT2D eigenvalue weighted by molar-refractivity contribution is -0.0495. The molecule has 0 saturated carbocycles. The summed E-state index contributed by atoms with van der Waals surface area (Å²) in [5.74, 6) is -1.78. The molecule has 25 heavy (non-hydrogen) atoms. The van der Waals surface area contributed by atoms with E-state index in [9.17, 15) is 18.0 Å². The normalized spacial score (nSPS) is 17.5. The lowest BCUT2D eigenvalue weighted by Crippen LogP contribution is -2.32. The average Bonchev–Trinajstić information content (AvgIpc) is 3.08. The van der Waals surface area contributed by atoms with E-state index in [-0.39, 0.29) is 17.4 Å². The molecule has 1 aliphatic rings. The summed E-state index contributed by atoms with van der Waals surface area (Å²) < 4.78 is 44.0. The fourth-order valence-corrected chi connectivity index (χ4v) is 2.70. The van der Waals surface area contributed by atoms with E-state index in [2.05, 4.69) is 20.5 Å². The third-order valence-corrected chi connectivity index (χ3v) is 3.89. The molecule has 1 aliphatic heterocycles. The monoisotopic (exact) mass is 354 g/mol. The Balaban J connectivity index is 1.73. The van der Waals surface area contributed by atoms with Crippen LogP contribution in [0.3, 0.4) is 0 Å². The van der Waals surface area contributed by atoms with Gasteiger partial charge in [0.2, 0.25) is 0 Å². The molecule has 1 aromatic heterocycles. The zero-order valence-electron chi connectivity index (χ0n) is 13.2. The summed E-state index contributed by atoms with van der Waals surface area (Å²) in [7, 11) is 0. The number of halogens is 3. The van der Waals surface area contributed by atoms with Gasteiger partial charge in [-0.25, -0.2) is 4.39 Å². The van der Waals surface area contributed by atoms with Crippen molar-refractivity contribution in [3.63, 3.8) is 0 Å². The van der Waals surface area contributed by atoms with E-state index in [0.717, 1.165) is 44.1 Å². The SMILES string of the molecule is O=C(Nc1ccc(F)cc1OC(F)F)c1ccn(C2CCCNC2)n1. The highest BCUT2D eigenvalue weighted by Gasteiger charge is 2.19. The van der Waals surface area contributed by atoms with Crippen molar-refractivity contribution in [2.75, 3.05) is 18.4 Å². The standard InChI is InChI=1S/C16H17F3N4O2/c17-10-3-4-12(14(8-10)25-16(18)19)21-15(24)13-5-7-23(22-13)11-2-1-6-20-9-11/h3-5,7-8,11,16,20H,1-2,6,9H2,(H,21,24). The van der Waals surface area contributed by atoms with E-state index in [1.165, 1.54) is 0 Å². The molecule has 2 N–H and O–H groups in total. The molecule has 0 aliphatic carbocycles. The van der Waals surface area contributed by atoms with Crippen molar-refractivity contribution in [1.82, 2.24) is 15.1 Å². The minimum absolute atomic E-state index is 0.0550. The Morgan fingerprint density at radius 3 is 2.96 bits per heavy atom. The first-order valence-corrected chi connectivity index (χ1v) is 7.84. The van der Waals surface area contributed by atoms with Crippen LogP contribution in [0.2, 0.25) is 0 Å². The topological polar surface area (TPSA) is 68.2 Å². The van der Waals surface area contributed by atoms with Crippen LogP contribution in [-0.4, -0.2) is 35.4 Å². The molecule has 2 heterocycles. The molecule has 1 fully saturated rings. The molecule has 134 valence electrons. The van der Waals surface area contributed by atoms with E-state index < -0.39 is 24.1 Å². The summed E-state index contributed by atoms with van der Waals surface area (Å²) in [5.41, 5.74) is 0.0819. The summed E-state index contributed by atoms with van der Waals surface area (Å²) >= 11 is 0. The maximum atomic E-state index is 13.2. The maximum Gasteiger partial charge on any atom is 0.387 e.